The van der Waals surface area contributed by atoms with Crippen LogP contribution < -0.4 is 5.32 Å². The Morgan fingerprint density at radius 2 is 1.96 bits per heavy atom. The maximum Gasteiger partial charge on any atom is 0.410 e. The fraction of sp³-hybridized carbons (Fsp3) is 0.474. The predicted molar refractivity (Wildman–Crippen MR) is 104 cm³/mol. The summed E-state index contributed by atoms with van der Waals surface area (Å²) < 4.78 is 5.28. The summed E-state index contributed by atoms with van der Waals surface area (Å²) in [7, 11) is 0. The standard InChI is InChI=1S/C19H23BrN2O6/c20-11-14(23)8-9-15(18(25)26)21-17(24)16-7-4-10-22(16)19(27)28-12-13-5-2-1-3-6-13/h1-3,5-6,15-16H,4,7-12H2,(H,21,24)(H,25,26)/t15-,16-/m0/s1. The van der Waals surface area contributed by atoms with Crippen molar-refractivity contribution in [2.45, 2.75) is 44.4 Å². The van der Waals surface area contributed by atoms with Gasteiger partial charge in [0.25, 0.3) is 0 Å². The molecule has 2 amide bonds. The van der Waals surface area contributed by atoms with E-state index < -0.39 is 30.1 Å². The number of alkyl halides is 1. The monoisotopic (exact) mass is 454 g/mol. The van der Waals surface area contributed by atoms with Crippen LogP contribution in [0.25, 0.3) is 0 Å². The van der Waals surface area contributed by atoms with Gasteiger partial charge in [0.05, 0.1) is 5.33 Å². The number of Topliss-reactive ketones (excluding diaryl/α,β-unsaturated/α-hetero) is 1. The minimum atomic E-state index is -1.22. The van der Waals surface area contributed by atoms with Gasteiger partial charge >= 0.3 is 12.1 Å². The van der Waals surface area contributed by atoms with Gasteiger partial charge in [-0.15, -0.1) is 0 Å². The van der Waals surface area contributed by atoms with E-state index in [0.29, 0.717) is 19.4 Å². The number of carboxylic acids is 1. The van der Waals surface area contributed by atoms with Crippen molar-refractivity contribution in [3.8, 4) is 0 Å². The van der Waals surface area contributed by atoms with Gasteiger partial charge in [0.2, 0.25) is 5.91 Å². The van der Waals surface area contributed by atoms with E-state index in [-0.39, 0.29) is 30.6 Å². The zero-order chi connectivity index (χ0) is 20.5. The first-order chi connectivity index (χ1) is 13.4. The number of nitrogens with one attached hydrogen (secondary N) is 1. The number of amides is 2. The van der Waals surface area contributed by atoms with Crippen LogP contribution in [0.15, 0.2) is 30.3 Å². The number of aliphatic carboxylic acids is 1. The Labute approximate surface area is 171 Å². The Kier molecular flexibility index (Phi) is 8.43. The van der Waals surface area contributed by atoms with Gasteiger partial charge in [0.15, 0.2) is 0 Å². The van der Waals surface area contributed by atoms with Crippen LogP contribution in [0.2, 0.25) is 0 Å². The van der Waals surface area contributed by atoms with Gasteiger partial charge in [-0.3, -0.25) is 14.5 Å². The highest BCUT2D eigenvalue weighted by atomic mass is 79.9. The van der Waals surface area contributed by atoms with Crippen molar-refractivity contribution in [1.82, 2.24) is 10.2 Å². The zero-order valence-electron chi connectivity index (χ0n) is 15.3. The number of ether oxygens (including phenoxy) is 1. The van der Waals surface area contributed by atoms with Crippen LogP contribution in [-0.2, 0) is 25.7 Å². The molecule has 0 saturated carbocycles. The van der Waals surface area contributed by atoms with Crippen molar-refractivity contribution in [3.05, 3.63) is 35.9 Å². The molecule has 9 heteroatoms. The number of rotatable bonds is 9. The number of carbonyl (C=O) groups excluding carboxylic acids is 3. The highest BCUT2D eigenvalue weighted by Gasteiger charge is 2.36. The highest BCUT2D eigenvalue weighted by Crippen LogP contribution is 2.19. The lowest BCUT2D eigenvalue weighted by molar-refractivity contribution is -0.142. The molecule has 1 aromatic carbocycles. The number of hydrogen-bond donors (Lipinski definition) is 2. The fourth-order valence-electron chi connectivity index (χ4n) is 2.96. The summed E-state index contributed by atoms with van der Waals surface area (Å²) in [5.41, 5.74) is 0.832. The SMILES string of the molecule is O=C(CBr)CC[C@H](NC(=O)[C@@H]1CCCN1C(=O)OCc1ccccc1)C(=O)O. The van der Waals surface area contributed by atoms with E-state index in [2.05, 4.69) is 21.2 Å². The first-order valence-corrected chi connectivity index (χ1v) is 10.1. The van der Waals surface area contributed by atoms with Crippen molar-refractivity contribution in [2.24, 2.45) is 0 Å². The van der Waals surface area contributed by atoms with Crippen molar-refractivity contribution in [3.63, 3.8) is 0 Å². The second kappa shape index (κ2) is 10.8. The Morgan fingerprint density at radius 1 is 1.25 bits per heavy atom. The van der Waals surface area contributed by atoms with Crippen LogP contribution in [0.5, 0.6) is 0 Å². The lowest BCUT2D eigenvalue weighted by Gasteiger charge is -2.25. The van der Waals surface area contributed by atoms with E-state index in [4.69, 9.17) is 4.74 Å². The molecule has 0 unspecified atom stereocenters. The van der Waals surface area contributed by atoms with E-state index in [0.717, 1.165) is 5.56 Å². The van der Waals surface area contributed by atoms with Crippen molar-refractivity contribution < 1.29 is 29.0 Å². The fourth-order valence-corrected chi connectivity index (χ4v) is 3.24. The average Bonchev–Trinajstić information content (AvgIpc) is 3.19. The van der Waals surface area contributed by atoms with Gasteiger partial charge in [0, 0.05) is 13.0 Å². The molecule has 2 rings (SSSR count). The minimum absolute atomic E-state index is 0.00329. The molecule has 0 radical (unpaired) electrons. The topological polar surface area (TPSA) is 113 Å². The first-order valence-electron chi connectivity index (χ1n) is 9.00. The van der Waals surface area contributed by atoms with Crippen molar-refractivity contribution in [2.75, 3.05) is 11.9 Å². The second-order valence-corrected chi connectivity index (χ2v) is 7.06. The van der Waals surface area contributed by atoms with Crippen LogP contribution in [0.1, 0.15) is 31.2 Å². The van der Waals surface area contributed by atoms with E-state index >= 15 is 0 Å². The molecule has 2 N–H and O–H groups in total. The third-order valence-electron chi connectivity index (χ3n) is 4.47. The molecule has 1 fully saturated rings. The molecule has 152 valence electrons. The Bertz CT molecular complexity index is 712. The van der Waals surface area contributed by atoms with Gasteiger partial charge in [-0.2, -0.15) is 0 Å². The Balaban J connectivity index is 1.92. The molecular weight excluding hydrogens is 432 g/mol. The summed E-state index contributed by atoms with van der Waals surface area (Å²) in [6.07, 6.45) is 0.479. The maximum atomic E-state index is 12.5. The summed E-state index contributed by atoms with van der Waals surface area (Å²) >= 11 is 3.02. The Morgan fingerprint density at radius 3 is 2.61 bits per heavy atom. The lowest BCUT2D eigenvalue weighted by Crippen LogP contribution is -2.51. The first kappa shape index (κ1) is 21.9. The van der Waals surface area contributed by atoms with Gasteiger partial charge < -0.3 is 15.2 Å². The number of nitrogens with zero attached hydrogens (tertiary/aromatic N) is 1. The molecule has 1 aromatic rings. The van der Waals surface area contributed by atoms with Crippen molar-refractivity contribution in [1.29, 1.82) is 0 Å². The average molecular weight is 455 g/mol. The minimum Gasteiger partial charge on any atom is -0.480 e. The van der Waals surface area contributed by atoms with Crippen molar-refractivity contribution >= 4 is 39.7 Å². The van der Waals surface area contributed by atoms with E-state index in [9.17, 15) is 24.3 Å². The number of likely N-dealkylation sites (tertiary alicyclic amines) is 1. The molecule has 1 saturated heterocycles. The molecule has 0 aliphatic carbocycles. The molecule has 2 atom stereocenters. The van der Waals surface area contributed by atoms with Gasteiger partial charge in [-0.1, -0.05) is 46.3 Å². The third-order valence-corrected chi connectivity index (χ3v) is 5.10. The van der Waals surface area contributed by atoms with Crippen LogP contribution in [0, 0.1) is 0 Å². The maximum absolute atomic E-state index is 12.5. The van der Waals surface area contributed by atoms with Crippen LogP contribution in [0.4, 0.5) is 4.79 Å². The van der Waals surface area contributed by atoms with Crippen LogP contribution in [-0.4, -0.2) is 57.7 Å². The summed E-state index contributed by atoms with van der Waals surface area (Å²) in [5.74, 6) is -1.91. The van der Waals surface area contributed by atoms with Crippen LogP contribution >= 0.6 is 15.9 Å². The molecular formula is C19H23BrN2O6. The predicted octanol–water partition coefficient (Wildman–Crippen LogP) is 2.10. The molecule has 28 heavy (non-hydrogen) atoms. The molecule has 0 bridgehead atoms. The van der Waals surface area contributed by atoms with E-state index in [1.165, 1.54) is 4.90 Å². The smallest absolute Gasteiger partial charge is 0.410 e. The number of ketones is 1. The normalized spacial score (nSPS) is 17.0. The van der Waals surface area contributed by atoms with Gasteiger partial charge in [0.1, 0.15) is 24.5 Å². The number of benzene rings is 1. The highest BCUT2D eigenvalue weighted by molar-refractivity contribution is 9.09. The Hall–Kier alpha value is -2.42. The summed E-state index contributed by atoms with van der Waals surface area (Å²) in [4.78, 5) is 49.0. The number of carbonyl (C=O) groups is 4. The summed E-state index contributed by atoms with van der Waals surface area (Å²) in [6, 6.07) is 7.22. The molecule has 1 aliphatic heterocycles. The summed E-state index contributed by atoms with van der Waals surface area (Å²) in [6.45, 7) is 0.461. The molecule has 1 aliphatic rings. The van der Waals surface area contributed by atoms with E-state index in [1.54, 1.807) is 0 Å². The lowest BCUT2D eigenvalue weighted by atomic mass is 10.1. The van der Waals surface area contributed by atoms with E-state index in [1.807, 2.05) is 30.3 Å². The second-order valence-electron chi connectivity index (χ2n) is 6.50. The molecule has 0 aromatic heterocycles. The largest absolute Gasteiger partial charge is 0.480 e. The van der Waals surface area contributed by atoms with Crippen LogP contribution in [0.3, 0.4) is 0 Å². The molecule has 8 nitrogen and oxygen atoms in total. The number of carboxylic acid groups (broad SMARTS) is 1. The number of hydrogen-bond acceptors (Lipinski definition) is 5. The summed E-state index contributed by atoms with van der Waals surface area (Å²) in [5, 5.41) is 11.9. The van der Waals surface area contributed by atoms with Gasteiger partial charge in [-0.25, -0.2) is 9.59 Å². The molecule has 0 spiro atoms. The van der Waals surface area contributed by atoms with Gasteiger partial charge in [-0.05, 0) is 24.8 Å². The zero-order valence-corrected chi connectivity index (χ0v) is 16.9. The quantitative estimate of drug-likeness (QED) is 0.552. The molecule has 1 heterocycles. The third kappa shape index (κ3) is 6.33. The number of halogens is 1.